The summed E-state index contributed by atoms with van der Waals surface area (Å²) in [5.41, 5.74) is -0.654. The van der Waals surface area contributed by atoms with Crippen molar-refractivity contribution in [1.82, 2.24) is 15.3 Å². The van der Waals surface area contributed by atoms with E-state index in [1.165, 1.54) is 43.4 Å². The first-order chi connectivity index (χ1) is 12.9. The molecule has 3 rings (SSSR count). The lowest BCUT2D eigenvalue weighted by molar-refractivity contribution is -0.136. The summed E-state index contributed by atoms with van der Waals surface area (Å²) in [5, 5.41) is 5.55. The van der Waals surface area contributed by atoms with Gasteiger partial charge in [-0.05, 0) is 25.0 Å². The molecule has 1 aliphatic rings. The number of nitrogens with one attached hydrogen (secondary N) is 2. The maximum Gasteiger partial charge on any atom is 0.418 e. The Hall–Kier alpha value is -2.64. The third-order valence-corrected chi connectivity index (χ3v) is 4.58. The van der Waals surface area contributed by atoms with Crippen molar-refractivity contribution in [2.75, 3.05) is 5.32 Å². The van der Waals surface area contributed by atoms with Crippen molar-refractivity contribution in [3.05, 3.63) is 47.8 Å². The molecule has 1 heterocycles. The van der Waals surface area contributed by atoms with Crippen molar-refractivity contribution >= 4 is 17.5 Å². The molecule has 1 amide bonds. The summed E-state index contributed by atoms with van der Waals surface area (Å²) < 4.78 is 39.1. The molecule has 1 aromatic heterocycles. The minimum Gasteiger partial charge on any atom is -0.349 e. The van der Waals surface area contributed by atoms with E-state index in [4.69, 9.17) is 0 Å². The Labute approximate surface area is 155 Å². The minimum atomic E-state index is -4.48. The quantitative estimate of drug-likeness (QED) is 0.758. The van der Waals surface area contributed by atoms with Crippen LogP contribution in [0.4, 0.5) is 24.8 Å². The molecule has 0 radical (unpaired) electrons. The molecule has 1 saturated carbocycles. The molecule has 0 atom stereocenters. The van der Waals surface area contributed by atoms with E-state index < -0.39 is 11.7 Å². The van der Waals surface area contributed by atoms with Crippen LogP contribution in [0.25, 0.3) is 0 Å². The van der Waals surface area contributed by atoms with Crippen LogP contribution in [0, 0.1) is 0 Å². The number of carbonyl (C=O) groups excluding carboxylic acids is 1. The number of alkyl halides is 3. The topological polar surface area (TPSA) is 66.9 Å². The molecule has 0 bridgehead atoms. The molecule has 1 aromatic carbocycles. The first-order valence-corrected chi connectivity index (χ1v) is 8.99. The zero-order valence-electron chi connectivity index (χ0n) is 14.7. The second-order valence-corrected chi connectivity index (χ2v) is 6.63. The summed E-state index contributed by atoms with van der Waals surface area (Å²) in [5.74, 6) is -0.262. The van der Waals surface area contributed by atoms with Crippen LogP contribution in [0.15, 0.2) is 36.7 Å². The summed E-state index contributed by atoms with van der Waals surface area (Å²) in [7, 11) is 0. The molecule has 1 aliphatic carbocycles. The number of hydrogen-bond donors (Lipinski definition) is 2. The van der Waals surface area contributed by atoms with Crippen molar-refractivity contribution < 1.29 is 18.0 Å². The van der Waals surface area contributed by atoms with Crippen molar-refractivity contribution in [2.45, 2.75) is 50.7 Å². The highest BCUT2D eigenvalue weighted by Crippen LogP contribution is 2.35. The van der Waals surface area contributed by atoms with E-state index in [2.05, 4.69) is 20.6 Å². The van der Waals surface area contributed by atoms with E-state index in [0.29, 0.717) is 0 Å². The highest BCUT2D eigenvalue weighted by atomic mass is 19.4. The van der Waals surface area contributed by atoms with Gasteiger partial charge in [0, 0.05) is 18.4 Å². The number of benzene rings is 1. The number of hydrogen-bond acceptors (Lipinski definition) is 4. The fraction of sp³-hybridized carbons (Fsp3) is 0.421. The van der Waals surface area contributed by atoms with Crippen LogP contribution in [0.3, 0.4) is 0 Å². The van der Waals surface area contributed by atoms with Crippen molar-refractivity contribution in [1.29, 1.82) is 0 Å². The van der Waals surface area contributed by atoms with Crippen molar-refractivity contribution in [3.8, 4) is 0 Å². The summed E-state index contributed by atoms with van der Waals surface area (Å²) in [6, 6.07) is 5.24. The second kappa shape index (κ2) is 8.37. The van der Waals surface area contributed by atoms with Gasteiger partial charge in [0.2, 0.25) is 5.95 Å². The number of amides is 1. The van der Waals surface area contributed by atoms with E-state index in [1.54, 1.807) is 0 Å². The van der Waals surface area contributed by atoms with Gasteiger partial charge in [0.1, 0.15) is 0 Å². The molecule has 5 nitrogen and oxygen atoms in total. The Morgan fingerprint density at radius 1 is 1.00 bits per heavy atom. The van der Waals surface area contributed by atoms with Gasteiger partial charge in [-0.3, -0.25) is 4.79 Å². The SMILES string of the molecule is O=C(NC1CCCCCC1)c1cnc(Nc2ccccc2C(F)(F)F)nc1. The van der Waals surface area contributed by atoms with Crippen LogP contribution in [0.1, 0.15) is 54.4 Å². The largest absolute Gasteiger partial charge is 0.418 e. The number of para-hydroxylation sites is 1. The van der Waals surface area contributed by atoms with Crippen LogP contribution in [0.2, 0.25) is 0 Å². The van der Waals surface area contributed by atoms with Gasteiger partial charge in [-0.1, -0.05) is 37.8 Å². The predicted octanol–water partition coefficient (Wildman–Crippen LogP) is 4.69. The fourth-order valence-electron chi connectivity index (χ4n) is 3.16. The van der Waals surface area contributed by atoms with Gasteiger partial charge < -0.3 is 10.6 Å². The first kappa shape index (κ1) is 19.1. The molecule has 144 valence electrons. The molecule has 0 saturated heterocycles. The molecule has 1 fully saturated rings. The Kier molecular flexibility index (Phi) is 5.93. The lowest BCUT2D eigenvalue weighted by Gasteiger charge is -2.16. The third kappa shape index (κ3) is 5.18. The number of carbonyl (C=O) groups is 1. The predicted molar refractivity (Wildman–Crippen MR) is 95.7 cm³/mol. The molecule has 27 heavy (non-hydrogen) atoms. The molecule has 2 N–H and O–H groups in total. The molecular formula is C19H21F3N4O. The summed E-state index contributed by atoms with van der Waals surface area (Å²) in [4.78, 5) is 20.3. The average Bonchev–Trinajstić information content (AvgIpc) is 2.90. The Balaban J connectivity index is 1.66. The second-order valence-electron chi connectivity index (χ2n) is 6.63. The average molecular weight is 378 g/mol. The fourth-order valence-corrected chi connectivity index (χ4v) is 3.16. The smallest absolute Gasteiger partial charge is 0.349 e. The van der Waals surface area contributed by atoms with E-state index in [1.807, 2.05) is 0 Å². The lowest BCUT2D eigenvalue weighted by atomic mass is 10.1. The zero-order chi connectivity index (χ0) is 19.3. The zero-order valence-corrected chi connectivity index (χ0v) is 14.7. The standard InChI is InChI=1S/C19H21F3N4O/c20-19(21,22)15-9-5-6-10-16(15)26-18-23-11-13(12-24-18)17(27)25-14-7-3-1-2-4-8-14/h5-6,9-12,14H,1-4,7-8H2,(H,25,27)(H,23,24,26). The minimum absolute atomic E-state index is 0.00211. The van der Waals surface area contributed by atoms with Gasteiger partial charge in [0.15, 0.2) is 0 Å². The van der Waals surface area contributed by atoms with Crippen LogP contribution in [-0.4, -0.2) is 21.9 Å². The van der Waals surface area contributed by atoms with Gasteiger partial charge in [-0.25, -0.2) is 9.97 Å². The number of halogens is 3. The van der Waals surface area contributed by atoms with Crippen LogP contribution in [0.5, 0.6) is 0 Å². The Bertz CT molecular complexity index is 769. The highest BCUT2D eigenvalue weighted by Gasteiger charge is 2.33. The van der Waals surface area contributed by atoms with E-state index in [9.17, 15) is 18.0 Å². The van der Waals surface area contributed by atoms with E-state index in [-0.39, 0.29) is 29.1 Å². The number of aromatic nitrogens is 2. The van der Waals surface area contributed by atoms with Gasteiger partial charge in [0.25, 0.3) is 5.91 Å². The van der Waals surface area contributed by atoms with Gasteiger partial charge >= 0.3 is 6.18 Å². The molecule has 2 aromatic rings. The van der Waals surface area contributed by atoms with Crippen LogP contribution >= 0.6 is 0 Å². The Morgan fingerprint density at radius 2 is 1.63 bits per heavy atom. The highest BCUT2D eigenvalue weighted by molar-refractivity contribution is 5.93. The van der Waals surface area contributed by atoms with E-state index >= 15 is 0 Å². The lowest BCUT2D eigenvalue weighted by Crippen LogP contribution is -2.34. The number of anilines is 2. The third-order valence-electron chi connectivity index (χ3n) is 4.58. The normalized spacial score (nSPS) is 15.8. The summed E-state index contributed by atoms with van der Waals surface area (Å²) >= 11 is 0. The maximum atomic E-state index is 13.0. The molecule has 8 heteroatoms. The van der Waals surface area contributed by atoms with Gasteiger partial charge in [0.05, 0.1) is 16.8 Å². The molecular weight excluding hydrogens is 357 g/mol. The summed E-state index contributed by atoms with van der Waals surface area (Å²) in [6.45, 7) is 0. The van der Waals surface area contributed by atoms with Crippen LogP contribution in [-0.2, 0) is 6.18 Å². The van der Waals surface area contributed by atoms with E-state index in [0.717, 1.165) is 31.7 Å². The van der Waals surface area contributed by atoms with Crippen LogP contribution < -0.4 is 10.6 Å². The summed E-state index contributed by atoms with van der Waals surface area (Å²) in [6.07, 6.45) is 4.65. The monoisotopic (exact) mass is 378 g/mol. The molecule has 0 unspecified atom stereocenters. The maximum absolute atomic E-state index is 13.0. The molecule has 0 aliphatic heterocycles. The van der Waals surface area contributed by atoms with Crippen molar-refractivity contribution in [3.63, 3.8) is 0 Å². The number of rotatable bonds is 4. The number of nitrogens with zero attached hydrogens (tertiary/aromatic N) is 2. The van der Waals surface area contributed by atoms with Gasteiger partial charge in [-0.15, -0.1) is 0 Å². The van der Waals surface area contributed by atoms with Crippen molar-refractivity contribution in [2.24, 2.45) is 0 Å². The van der Waals surface area contributed by atoms with Gasteiger partial charge in [-0.2, -0.15) is 13.2 Å². The Morgan fingerprint density at radius 3 is 2.26 bits per heavy atom. The molecule has 0 spiro atoms. The first-order valence-electron chi connectivity index (χ1n) is 8.99.